The Kier molecular flexibility index (Phi) is 6.72. The second kappa shape index (κ2) is 9.44. The zero-order chi connectivity index (χ0) is 21.6. The van der Waals surface area contributed by atoms with Gasteiger partial charge >= 0.3 is 6.09 Å². The van der Waals surface area contributed by atoms with E-state index in [4.69, 9.17) is 4.74 Å². The molecule has 0 aliphatic heterocycles. The second-order valence-electron chi connectivity index (χ2n) is 8.19. The highest BCUT2D eigenvalue weighted by Crippen LogP contribution is 2.33. The number of likely N-dealkylation sites (N-methyl/N-ethyl adjacent to an activating group) is 1. The van der Waals surface area contributed by atoms with E-state index >= 15 is 0 Å². The maximum atomic E-state index is 12.8. The minimum absolute atomic E-state index is 0.379. The Hall–Kier alpha value is -3.34. The third-order valence-electron chi connectivity index (χ3n) is 4.59. The Morgan fingerprint density at radius 1 is 1.03 bits per heavy atom. The number of benzene rings is 2. The summed E-state index contributed by atoms with van der Waals surface area (Å²) in [4.78, 5) is 18.9. The molecule has 5 nitrogen and oxygen atoms in total. The first-order valence-corrected chi connectivity index (χ1v) is 10.1. The number of anilines is 1. The van der Waals surface area contributed by atoms with Gasteiger partial charge in [-0.1, -0.05) is 36.4 Å². The van der Waals surface area contributed by atoms with E-state index in [9.17, 15) is 4.79 Å². The van der Waals surface area contributed by atoms with E-state index in [0.29, 0.717) is 0 Å². The van der Waals surface area contributed by atoms with Gasteiger partial charge in [0.1, 0.15) is 5.60 Å². The highest BCUT2D eigenvalue weighted by atomic mass is 16.6. The Labute approximate surface area is 178 Å². The van der Waals surface area contributed by atoms with Crippen molar-refractivity contribution in [1.82, 2.24) is 4.90 Å². The lowest BCUT2D eigenvalue weighted by molar-refractivity contribution is 0.0357. The summed E-state index contributed by atoms with van der Waals surface area (Å²) in [6.07, 6.45) is 5.07. The van der Waals surface area contributed by atoms with Crippen molar-refractivity contribution in [2.75, 3.05) is 12.4 Å². The lowest BCUT2D eigenvalue weighted by Crippen LogP contribution is -2.34. The topological polar surface area (TPSA) is 53.9 Å². The van der Waals surface area contributed by atoms with Gasteiger partial charge in [0.15, 0.2) is 0 Å². The van der Waals surface area contributed by atoms with Gasteiger partial charge in [-0.3, -0.25) is 9.89 Å². The van der Waals surface area contributed by atoms with Crippen LogP contribution in [-0.2, 0) is 4.74 Å². The quantitative estimate of drug-likeness (QED) is 0.596. The van der Waals surface area contributed by atoms with Crippen LogP contribution in [0.15, 0.2) is 88.7 Å². The van der Waals surface area contributed by atoms with Gasteiger partial charge in [-0.15, -0.1) is 0 Å². The van der Waals surface area contributed by atoms with E-state index in [2.05, 4.69) is 10.3 Å². The van der Waals surface area contributed by atoms with E-state index in [1.807, 2.05) is 93.8 Å². The number of para-hydroxylation sites is 2. The predicted molar refractivity (Wildman–Crippen MR) is 123 cm³/mol. The molecule has 0 saturated carbocycles. The molecular weight excluding hydrogens is 374 g/mol. The minimum atomic E-state index is -0.561. The van der Waals surface area contributed by atoms with E-state index in [1.165, 1.54) is 0 Å². The molecule has 0 bridgehead atoms. The molecule has 0 aromatic heterocycles. The zero-order valence-corrected chi connectivity index (χ0v) is 18.1. The number of hydrogen-bond acceptors (Lipinski definition) is 4. The minimum Gasteiger partial charge on any atom is -0.443 e. The molecule has 1 aliphatic rings. The molecule has 0 heterocycles. The van der Waals surface area contributed by atoms with Crippen LogP contribution in [-0.4, -0.2) is 29.9 Å². The molecule has 5 heteroatoms. The molecule has 1 amide bonds. The summed E-state index contributed by atoms with van der Waals surface area (Å²) in [7, 11) is 1.75. The molecule has 0 atom stereocenters. The first-order valence-electron chi connectivity index (χ1n) is 10.1. The molecule has 2 aromatic carbocycles. The van der Waals surface area contributed by atoms with Crippen LogP contribution in [0.1, 0.15) is 33.6 Å². The van der Waals surface area contributed by atoms with Gasteiger partial charge in [-0.2, -0.15) is 0 Å². The molecule has 156 valence electrons. The number of ether oxygens (including phenoxy) is 1. The van der Waals surface area contributed by atoms with Crippen LogP contribution in [0.25, 0.3) is 0 Å². The first kappa shape index (κ1) is 21.4. The fourth-order valence-corrected chi connectivity index (χ4v) is 3.20. The Morgan fingerprint density at radius 2 is 1.67 bits per heavy atom. The summed E-state index contributed by atoms with van der Waals surface area (Å²) in [6.45, 7) is 5.60. The van der Waals surface area contributed by atoms with E-state index in [1.54, 1.807) is 11.9 Å². The van der Waals surface area contributed by atoms with Gasteiger partial charge in [0.25, 0.3) is 0 Å². The Balaban J connectivity index is 1.91. The normalized spacial score (nSPS) is 15.7. The van der Waals surface area contributed by atoms with E-state index in [-0.39, 0.29) is 6.09 Å². The van der Waals surface area contributed by atoms with Crippen LogP contribution in [0.4, 0.5) is 16.2 Å². The van der Waals surface area contributed by atoms with Gasteiger partial charge in [0.05, 0.1) is 11.4 Å². The first-order chi connectivity index (χ1) is 14.3. The number of carbonyl (C=O) groups excluding carboxylic acids is 1. The number of rotatable bonds is 5. The number of allylic oxidation sites excluding steroid dienone is 2. The number of nitrogens with one attached hydrogen (secondary N) is 1. The Morgan fingerprint density at radius 3 is 2.30 bits per heavy atom. The lowest BCUT2D eigenvalue weighted by Gasteiger charge is -2.26. The standard InChI is InChI=1S/C25H29N3O2/c1-25(2,3)30-24(29)28(4)23-19(17-26-21-11-7-5-8-12-21)15-16-20(23)18-27-22-13-9-6-10-14-22/h5-14,17-18,26H,15-16H2,1-4H3/b19-17+,27-18+. The third-order valence-corrected chi connectivity index (χ3v) is 4.59. The summed E-state index contributed by atoms with van der Waals surface area (Å²) in [5, 5.41) is 3.33. The number of amides is 1. The van der Waals surface area contributed by atoms with Crippen LogP contribution in [0.3, 0.4) is 0 Å². The van der Waals surface area contributed by atoms with E-state index < -0.39 is 5.60 Å². The van der Waals surface area contributed by atoms with Gasteiger partial charge < -0.3 is 10.1 Å². The average molecular weight is 404 g/mol. The molecule has 0 radical (unpaired) electrons. The highest BCUT2D eigenvalue weighted by molar-refractivity contribution is 5.86. The summed E-state index contributed by atoms with van der Waals surface area (Å²) in [6, 6.07) is 19.7. The molecular formula is C25H29N3O2. The third kappa shape index (κ3) is 5.83. The average Bonchev–Trinajstić information content (AvgIpc) is 3.13. The van der Waals surface area contributed by atoms with Gasteiger partial charge in [-0.05, 0) is 69.0 Å². The van der Waals surface area contributed by atoms with Crippen LogP contribution in [0.5, 0.6) is 0 Å². The molecule has 30 heavy (non-hydrogen) atoms. The van der Waals surface area contributed by atoms with Gasteiger partial charge in [-0.25, -0.2) is 4.79 Å². The van der Waals surface area contributed by atoms with Gasteiger partial charge in [0.2, 0.25) is 0 Å². The van der Waals surface area contributed by atoms with Crippen molar-refractivity contribution in [3.8, 4) is 0 Å². The number of aliphatic imine (C=N–C) groups is 1. The number of carbonyl (C=O) groups is 1. The van der Waals surface area contributed by atoms with Crippen molar-refractivity contribution < 1.29 is 9.53 Å². The van der Waals surface area contributed by atoms with Crippen molar-refractivity contribution in [2.24, 2.45) is 4.99 Å². The van der Waals surface area contributed by atoms with Crippen LogP contribution in [0, 0.1) is 0 Å². The monoisotopic (exact) mass is 403 g/mol. The predicted octanol–water partition coefficient (Wildman–Crippen LogP) is 6.30. The molecule has 1 aliphatic carbocycles. The van der Waals surface area contributed by atoms with E-state index in [0.717, 1.165) is 41.1 Å². The van der Waals surface area contributed by atoms with Crippen LogP contribution < -0.4 is 5.32 Å². The highest BCUT2D eigenvalue weighted by Gasteiger charge is 2.28. The molecule has 3 rings (SSSR count). The summed E-state index contributed by atoms with van der Waals surface area (Å²) in [5.74, 6) is 0. The summed E-state index contributed by atoms with van der Waals surface area (Å²) < 4.78 is 5.59. The Bertz CT molecular complexity index is 955. The molecule has 0 spiro atoms. The fourth-order valence-electron chi connectivity index (χ4n) is 3.20. The van der Waals surface area contributed by atoms with Crippen LogP contribution in [0.2, 0.25) is 0 Å². The SMILES string of the molecule is CN(C(=O)OC(C)(C)C)C1=C(/C=N/c2ccccc2)CC/C1=C\Nc1ccccc1. The maximum Gasteiger partial charge on any atom is 0.414 e. The summed E-state index contributed by atoms with van der Waals surface area (Å²) in [5.41, 5.74) is 4.21. The number of hydrogen-bond donors (Lipinski definition) is 1. The van der Waals surface area contributed by atoms with Crippen molar-refractivity contribution >= 4 is 23.7 Å². The van der Waals surface area contributed by atoms with Crippen molar-refractivity contribution in [3.05, 3.63) is 83.7 Å². The van der Waals surface area contributed by atoms with Crippen molar-refractivity contribution in [1.29, 1.82) is 0 Å². The lowest BCUT2D eigenvalue weighted by atomic mass is 10.2. The van der Waals surface area contributed by atoms with Crippen molar-refractivity contribution in [3.63, 3.8) is 0 Å². The summed E-state index contributed by atoms with van der Waals surface area (Å²) >= 11 is 0. The van der Waals surface area contributed by atoms with Gasteiger partial charge in [0, 0.05) is 25.1 Å². The molecule has 0 unspecified atom stereocenters. The van der Waals surface area contributed by atoms with Crippen molar-refractivity contribution in [2.45, 2.75) is 39.2 Å². The molecule has 0 saturated heterocycles. The largest absolute Gasteiger partial charge is 0.443 e. The molecule has 2 aromatic rings. The fraction of sp³-hybridized carbons (Fsp3) is 0.280. The second-order valence-corrected chi connectivity index (χ2v) is 8.19. The van der Waals surface area contributed by atoms with Crippen LogP contribution >= 0.6 is 0 Å². The molecule has 0 fully saturated rings. The molecule has 1 N–H and O–H groups in total. The smallest absolute Gasteiger partial charge is 0.414 e. The zero-order valence-electron chi connectivity index (χ0n) is 18.1. The number of nitrogens with zero attached hydrogens (tertiary/aromatic N) is 2. The maximum absolute atomic E-state index is 12.8.